The standard InChI is InChI=1S/C10H14O2/c1-6-5-9(12-4)7(2)8(3)10(6)11/h5,11H,1-4H3. The number of rotatable bonds is 1. The molecule has 1 aromatic rings. The molecule has 0 aliphatic heterocycles. The number of methoxy groups -OCH3 is 1. The third-order valence-corrected chi connectivity index (χ3v) is 2.23. The number of aromatic hydroxyl groups is 1. The van der Waals surface area contributed by atoms with E-state index in [9.17, 15) is 5.11 Å². The van der Waals surface area contributed by atoms with Gasteiger partial charge in [0.1, 0.15) is 11.5 Å². The van der Waals surface area contributed by atoms with Crippen molar-refractivity contribution in [2.45, 2.75) is 20.8 Å². The molecule has 0 aliphatic carbocycles. The highest BCUT2D eigenvalue weighted by atomic mass is 16.5. The normalized spacial score (nSPS) is 10.0. The summed E-state index contributed by atoms with van der Waals surface area (Å²) < 4.78 is 5.15. The summed E-state index contributed by atoms with van der Waals surface area (Å²) in [6, 6.07) is 1.84. The number of benzene rings is 1. The molecule has 1 rings (SSSR count). The Morgan fingerprint density at radius 3 is 2.25 bits per heavy atom. The van der Waals surface area contributed by atoms with Crippen LogP contribution in [-0.2, 0) is 0 Å². The third kappa shape index (κ3) is 1.24. The first-order valence-corrected chi connectivity index (χ1v) is 3.91. The molecular weight excluding hydrogens is 152 g/mol. The monoisotopic (exact) mass is 166 g/mol. The van der Waals surface area contributed by atoms with Crippen LogP contribution in [0.4, 0.5) is 0 Å². The van der Waals surface area contributed by atoms with Crippen molar-refractivity contribution in [1.82, 2.24) is 0 Å². The van der Waals surface area contributed by atoms with E-state index in [1.165, 1.54) is 0 Å². The molecule has 0 heterocycles. The van der Waals surface area contributed by atoms with E-state index in [0.29, 0.717) is 5.75 Å². The molecule has 0 bridgehead atoms. The average Bonchev–Trinajstić information content (AvgIpc) is 2.08. The van der Waals surface area contributed by atoms with E-state index in [2.05, 4.69) is 0 Å². The molecule has 0 fully saturated rings. The Balaban J connectivity index is 3.39. The minimum absolute atomic E-state index is 0.369. The highest BCUT2D eigenvalue weighted by Gasteiger charge is 2.08. The lowest BCUT2D eigenvalue weighted by atomic mass is 10.0. The Morgan fingerprint density at radius 2 is 1.75 bits per heavy atom. The fourth-order valence-corrected chi connectivity index (χ4v) is 1.24. The lowest BCUT2D eigenvalue weighted by Gasteiger charge is -2.11. The van der Waals surface area contributed by atoms with Crippen molar-refractivity contribution in [2.24, 2.45) is 0 Å². The highest BCUT2D eigenvalue weighted by molar-refractivity contribution is 5.51. The van der Waals surface area contributed by atoms with E-state index in [-0.39, 0.29) is 0 Å². The Hall–Kier alpha value is -1.18. The average molecular weight is 166 g/mol. The van der Waals surface area contributed by atoms with Crippen molar-refractivity contribution < 1.29 is 9.84 Å². The van der Waals surface area contributed by atoms with Crippen molar-refractivity contribution in [1.29, 1.82) is 0 Å². The third-order valence-electron chi connectivity index (χ3n) is 2.23. The number of phenolic OH excluding ortho intramolecular Hbond substituents is 1. The van der Waals surface area contributed by atoms with Crippen molar-refractivity contribution in [2.75, 3.05) is 7.11 Å². The number of hydrogen-bond donors (Lipinski definition) is 1. The lowest BCUT2D eigenvalue weighted by molar-refractivity contribution is 0.407. The van der Waals surface area contributed by atoms with Crippen LogP contribution in [0.15, 0.2) is 6.07 Å². The van der Waals surface area contributed by atoms with Crippen LogP contribution in [0, 0.1) is 20.8 Å². The van der Waals surface area contributed by atoms with E-state index in [1.807, 2.05) is 26.8 Å². The quantitative estimate of drug-likeness (QED) is 0.693. The fraction of sp³-hybridized carbons (Fsp3) is 0.400. The molecule has 12 heavy (non-hydrogen) atoms. The van der Waals surface area contributed by atoms with E-state index >= 15 is 0 Å². The van der Waals surface area contributed by atoms with Gasteiger partial charge >= 0.3 is 0 Å². The number of aryl methyl sites for hydroxylation is 1. The summed E-state index contributed by atoms with van der Waals surface area (Å²) in [6.45, 7) is 5.69. The van der Waals surface area contributed by atoms with Crippen molar-refractivity contribution in [3.05, 3.63) is 22.8 Å². The van der Waals surface area contributed by atoms with E-state index in [4.69, 9.17) is 4.74 Å². The van der Waals surface area contributed by atoms with Crippen molar-refractivity contribution >= 4 is 0 Å². The summed E-state index contributed by atoms with van der Waals surface area (Å²) in [5.74, 6) is 1.20. The van der Waals surface area contributed by atoms with Gasteiger partial charge in [0, 0.05) is 0 Å². The summed E-state index contributed by atoms with van der Waals surface area (Å²) in [6.07, 6.45) is 0. The van der Waals surface area contributed by atoms with E-state index in [1.54, 1.807) is 7.11 Å². The molecule has 0 aliphatic rings. The van der Waals surface area contributed by atoms with Crippen LogP contribution in [0.5, 0.6) is 11.5 Å². The zero-order valence-electron chi connectivity index (χ0n) is 7.93. The van der Waals surface area contributed by atoms with Gasteiger partial charge in [-0.2, -0.15) is 0 Å². The molecule has 2 heteroatoms. The molecule has 0 amide bonds. The fourth-order valence-electron chi connectivity index (χ4n) is 1.24. The first-order chi connectivity index (χ1) is 5.57. The molecule has 0 unspecified atom stereocenters. The van der Waals surface area contributed by atoms with Crippen LogP contribution in [-0.4, -0.2) is 12.2 Å². The Morgan fingerprint density at radius 1 is 1.17 bits per heavy atom. The topological polar surface area (TPSA) is 29.5 Å². The van der Waals surface area contributed by atoms with Gasteiger partial charge in [0.15, 0.2) is 0 Å². The molecular formula is C10H14O2. The van der Waals surface area contributed by atoms with Gasteiger partial charge in [0.2, 0.25) is 0 Å². The number of hydrogen-bond acceptors (Lipinski definition) is 2. The van der Waals surface area contributed by atoms with Crippen LogP contribution in [0.2, 0.25) is 0 Å². The van der Waals surface area contributed by atoms with E-state index in [0.717, 1.165) is 22.4 Å². The highest BCUT2D eigenvalue weighted by Crippen LogP contribution is 2.31. The van der Waals surface area contributed by atoms with Gasteiger partial charge in [-0.15, -0.1) is 0 Å². The summed E-state index contributed by atoms with van der Waals surface area (Å²) in [5.41, 5.74) is 2.75. The smallest absolute Gasteiger partial charge is 0.122 e. The zero-order valence-corrected chi connectivity index (χ0v) is 7.93. The van der Waals surface area contributed by atoms with Crippen LogP contribution in [0.25, 0.3) is 0 Å². The summed E-state index contributed by atoms with van der Waals surface area (Å²) >= 11 is 0. The predicted molar refractivity (Wildman–Crippen MR) is 48.9 cm³/mol. The Kier molecular flexibility index (Phi) is 2.27. The molecule has 1 aromatic carbocycles. The molecule has 0 saturated heterocycles. The van der Waals surface area contributed by atoms with Gasteiger partial charge in [-0.25, -0.2) is 0 Å². The van der Waals surface area contributed by atoms with Crippen LogP contribution < -0.4 is 4.74 Å². The van der Waals surface area contributed by atoms with Gasteiger partial charge in [-0.1, -0.05) is 0 Å². The maximum absolute atomic E-state index is 9.55. The first-order valence-electron chi connectivity index (χ1n) is 3.91. The predicted octanol–water partition coefficient (Wildman–Crippen LogP) is 2.33. The molecule has 2 nitrogen and oxygen atoms in total. The second-order valence-electron chi connectivity index (χ2n) is 2.99. The Bertz CT molecular complexity index is 303. The molecule has 1 N–H and O–H groups in total. The van der Waals surface area contributed by atoms with Crippen LogP contribution in [0.3, 0.4) is 0 Å². The minimum Gasteiger partial charge on any atom is -0.507 e. The van der Waals surface area contributed by atoms with Gasteiger partial charge in [-0.3, -0.25) is 0 Å². The maximum Gasteiger partial charge on any atom is 0.122 e. The second-order valence-corrected chi connectivity index (χ2v) is 2.99. The number of phenols is 1. The molecule has 66 valence electrons. The summed E-state index contributed by atoms with van der Waals surface area (Å²) in [4.78, 5) is 0. The van der Waals surface area contributed by atoms with Crippen molar-refractivity contribution in [3.63, 3.8) is 0 Å². The van der Waals surface area contributed by atoms with Gasteiger partial charge in [0.05, 0.1) is 7.11 Å². The van der Waals surface area contributed by atoms with Gasteiger partial charge in [-0.05, 0) is 43.5 Å². The van der Waals surface area contributed by atoms with Gasteiger partial charge < -0.3 is 9.84 Å². The molecule has 0 atom stereocenters. The molecule has 0 radical (unpaired) electrons. The van der Waals surface area contributed by atoms with E-state index < -0.39 is 0 Å². The zero-order chi connectivity index (χ0) is 9.30. The Labute approximate surface area is 72.8 Å². The summed E-state index contributed by atoms with van der Waals surface area (Å²) in [7, 11) is 1.64. The van der Waals surface area contributed by atoms with Crippen molar-refractivity contribution in [3.8, 4) is 11.5 Å². The largest absolute Gasteiger partial charge is 0.507 e. The van der Waals surface area contributed by atoms with Gasteiger partial charge in [0.25, 0.3) is 0 Å². The summed E-state index contributed by atoms with van der Waals surface area (Å²) in [5, 5.41) is 9.55. The lowest BCUT2D eigenvalue weighted by Crippen LogP contribution is -1.92. The van der Waals surface area contributed by atoms with Crippen LogP contribution in [0.1, 0.15) is 16.7 Å². The molecule has 0 aromatic heterocycles. The molecule has 0 spiro atoms. The van der Waals surface area contributed by atoms with Crippen LogP contribution >= 0.6 is 0 Å². The second kappa shape index (κ2) is 3.05. The maximum atomic E-state index is 9.55. The molecule has 0 saturated carbocycles. The first kappa shape index (κ1) is 8.91. The minimum atomic E-state index is 0.369. The SMILES string of the molecule is COc1cc(C)c(O)c(C)c1C. The number of ether oxygens (including phenoxy) is 1.